The summed E-state index contributed by atoms with van der Waals surface area (Å²) < 4.78 is 0. The van der Waals surface area contributed by atoms with Crippen LogP contribution in [0.1, 0.15) is 5.69 Å². The number of hydrogen-bond donors (Lipinski definition) is 2. The van der Waals surface area contributed by atoms with Crippen LogP contribution >= 0.6 is 11.3 Å². The molecule has 0 aromatic carbocycles. The molecule has 10 heteroatoms. The first-order valence-electron chi connectivity index (χ1n) is 6.60. The number of carboxylic acid groups (broad SMARTS) is 1. The van der Waals surface area contributed by atoms with E-state index in [1.807, 2.05) is 0 Å². The van der Waals surface area contributed by atoms with Crippen molar-refractivity contribution >= 4 is 34.1 Å². The van der Waals surface area contributed by atoms with Crippen LogP contribution in [0.15, 0.2) is 16.7 Å². The van der Waals surface area contributed by atoms with E-state index in [0.29, 0.717) is 10.8 Å². The number of anilines is 1. The molecule has 1 fully saturated rings. The zero-order chi connectivity index (χ0) is 16.7. The fourth-order valence-electron chi connectivity index (χ4n) is 2.68. The summed E-state index contributed by atoms with van der Waals surface area (Å²) in [5.41, 5.74) is 5.62. The lowest BCUT2D eigenvalue weighted by Crippen LogP contribution is -2.36. The van der Waals surface area contributed by atoms with E-state index in [9.17, 15) is 19.5 Å². The number of carbonyl (C=O) groups is 3. The summed E-state index contributed by atoms with van der Waals surface area (Å²) >= 11 is 1.20. The highest BCUT2D eigenvalue weighted by Gasteiger charge is 2.49. The minimum atomic E-state index is -1.36. The Labute approximate surface area is 134 Å². The number of hydrogen-bond acceptors (Lipinski definition) is 8. The Bertz CT molecular complexity index is 793. The van der Waals surface area contributed by atoms with Gasteiger partial charge in [-0.05, 0) is 0 Å². The molecule has 1 amide bonds. The number of carboxylic acids is 1. The lowest BCUT2D eigenvalue weighted by Gasteiger charge is -2.19. The first-order chi connectivity index (χ1) is 10.9. The summed E-state index contributed by atoms with van der Waals surface area (Å²) in [7, 11) is 0. The molecule has 23 heavy (non-hydrogen) atoms. The first-order valence-corrected chi connectivity index (χ1v) is 7.48. The number of nitriles is 1. The molecular weight excluding hydrogens is 322 g/mol. The molecule has 0 saturated carbocycles. The van der Waals surface area contributed by atoms with Crippen molar-refractivity contribution in [3.8, 4) is 6.07 Å². The van der Waals surface area contributed by atoms with Gasteiger partial charge < -0.3 is 10.8 Å². The zero-order valence-corrected chi connectivity index (χ0v) is 12.5. The highest BCUT2D eigenvalue weighted by atomic mass is 32.1. The molecule has 0 radical (unpaired) electrons. The van der Waals surface area contributed by atoms with Gasteiger partial charge in [0.05, 0.1) is 30.3 Å². The van der Waals surface area contributed by atoms with Crippen molar-refractivity contribution in [3.63, 3.8) is 0 Å². The van der Waals surface area contributed by atoms with Gasteiger partial charge in [0.1, 0.15) is 5.92 Å². The average molecular weight is 333 g/mol. The lowest BCUT2D eigenvalue weighted by atomic mass is 10.00. The number of amides is 1. The van der Waals surface area contributed by atoms with E-state index in [1.165, 1.54) is 16.3 Å². The van der Waals surface area contributed by atoms with Crippen molar-refractivity contribution < 1.29 is 19.5 Å². The number of hydrazine groups is 1. The monoisotopic (exact) mass is 333 g/mol. The Kier molecular flexibility index (Phi) is 3.59. The second-order valence-electron chi connectivity index (χ2n) is 5.11. The van der Waals surface area contributed by atoms with Gasteiger partial charge >= 0.3 is 5.97 Å². The zero-order valence-electron chi connectivity index (χ0n) is 11.7. The molecular formula is C13H11N5O4S. The molecule has 0 bridgehead atoms. The van der Waals surface area contributed by atoms with Crippen LogP contribution < -0.4 is 5.73 Å². The Balaban J connectivity index is 1.80. The van der Waals surface area contributed by atoms with Crippen LogP contribution in [0.5, 0.6) is 0 Å². The Morgan fingerprint density at radius 2 is 2.30 bits per heavy atom. The molecule has 0 spiro atoms. The maximum absolute atomic E-state index is 12.4. The molecule has 118 valence electrons. The van der Waals surface area contributed by atoms with E-state index < -0.39 is 17.8 Å². The van der Waals surface area contributed by atoms with Crippen LogP contribution in [0.4, 0.5) is 5.13 Å². The van der Waals surface area contributed by atoms with E-state index in [4.69, 9.17) is 11.0 Å². The molecule has 1 atom stereocenters. The van der Waals surface area contributed by atoms with Crippen LogP contribution in [0.3, 0.4) is 0 Å². The van der Waals surface area contributed by atoms with E-state index in [0.717, 1.165) is 5.01 Å². The fraction of sp³-hybridized carbons (Fsp3) is 0.308. The maximum atomic E-state index is 12.4. The minimum Gasteiger partial charge on any atom is -0.476 e. The Morgan fingerprint density at radius 3 is 2.87 bits per heavy atom. The standard InChI is InChI=1S/C13H11N5O4S/c14-2-6-3-17-4-8(11(20)18(17)10(6)12(21)22)9(19)1-7-5-23-13(15)16-7/h5,8H,1,3-4H2,(H2,15,16)(H,21,22). The molecule has 3 heterocycles. The summed E-state index contributed by atoms with van der Waals surface area (Å²) in [5.74, 6) is -3.30. The highest BCUT2D eigenvalue weighted by molar-refractivity contribution is 7.13. The number of ketones is 1. The van der Waals surface area contributed by atoms with Crippen molar-refractivity contribution in [2.45, 2.75) is 6.42 Å². The Morgan fingerprint density at radius 1 is 1.57 bits per heavy atom. The molecule has 2 aliphatic rings. The Hall–Kier alpha value is -2.77. The highest BCUT2D eigenvalue weighted by Crippen LogP contribution is 2.32. The number of nitrogens with two attached hydrogens (primary N) is 1. The molecule has 9 nitrogen and oxygen atoms in total. The van der Waals surface area contributed by atoms with Gasteiger partial charge in [-0.1, -0.05) is 0 Å². The number of aromatic nitrogens is 1. The van der Waals surface area contributed by atoms with Gasteiger partial charge in [0.2, 0.25) is 0 Å². The topological polar surface area (TPSA) is 141 Å². The molecule has 2 aliphatic heterocycles. The van der Waals surface area contributed by atoms with E-state index in [2.05, 4.69) is 4.98 Å². The van der Waals surface area contributed by atoms with E-state index in [-0.39, 0.29) is 36.6 Å². The predicted molar refractivity (Wildman–Crippen MR) is 77.4 cm³/mol. The molecule has 3 N–H and O–H groups in total. The van der Waals surface area contributed by atoms with E-state index in [1.54, 1.807) is 11.4 Å². The summed E-state index contributed by atoms with van der Waals surface area (Å²) in [5, 5.41) is 22.5. The number of aliphatic carboxylic acids is 1. The molecule has 1 unspecified atom stereocenters. The van der Waals surface area contributed by atoms with Gasteiger partial charge in [-0.25, -0.2) is 19.8 Å². The molecule has 1 aromatic rings. The summed E-state index contributed by atoms with van der Waals surface area (Å²) in [6, 6.07) is 1.79. The van der Waals surface area contributed by atoms with Crippen molar-refractivity contribution in [3.05, 3.63) is 22.3 Å². The van der Waals surface area contributed by atoms with Crippen LogP contribution in [-0.2, 0) is 20.8 Å². The van der Waals surface area contributed by atoms with Crippen molar-refractivity contribution in [2.24, 2.45) is 5.92 Å². The van der Waals surface area contributed by atoms with Crippen molar-refractivity contribution in [1.82, 2.24) is 15.0 Å². The fourth-order valence-corrected chi connectivity index (χ4v) is 3.25. The number of fused-ring (bicyclic) bond motifs is 1. The SMILES string of the molecule is N#CC1=C(C(=O)O)N2C(=O)C(C(=O)Cc3csc(N)n3)CN2C1. The molecule has 0 aliphatic carbocycles. The number of nitrogens with zero attached hydrogens (tertiary/aromatic N) is 4. The third kappa shape index (κ3) is 2.45. The first kappa shape index (κ1) is 15.1. The molecule has 1 aromatic heterocycles. The number of nitrogen functional groups attached to an aromatic ring is 1. The predicted octanol–water partition coefficient (Wildman–Crippen LogP) is -0.612. The molecule has 1 saturated heterocycles. The normalized spacial score (nSPS) is 20.7. The van der Waals surface area contributed by atoms with Crippen LogP contribution in [-0.4, -0.2) is 50.9 Å². The van der Waals surface area contributed by atoms with Gasteiger partial charge in [-0.15, -0.1) is 11.3 Å². The van der Waals surface area contributed by atoms with Gasteiger partial charge in [0.15, 0.2) is 16.6 Å². The van der Waals surface area contributed by atoms with E-state index >= 15 is 0 Å². The summed E-state index contributed by atoms with van der Waals surface area (Å²) in [6.07, 6.45) is -0.0387. The van der Waals surface area contributed by atoms with Crippen LogP contribution in [0.25, 0.3) is 0 Å². The minimum absolute atomic E-state index is 0.00373. The average Bonchev–Trinajstić information content (AvgIpc) is 3.14. The lowest BCUT2D eigenvalue weighted by molar-refractivity contribution is -0.145. The largest absolute Gasteiger partial charge is 0.476 e. The number of carbonyl (C=O) groups excluding carboxylic acids is 2. The van der Waals surface area contributed by atoms with Crippen LogP contribution in [0.2, 0.25) is 0 Å². The van der Waals surface area contributed by atoms with Crippen molar-refractivity contribution in [2.75, 3.05) is 18.8 Å². The number of rotatable bonds is 4. The van der Waals surface area contributed by atoms with Gasteiger partial charge in [-0.3, -0.25) is 9.59 Å². The quantitative estimate of drug-likeness (QED) is 0.695. The maximum Gasteiger partial charge on any atom is 0.355 e. The molecule has 3 rings (SSSR count). The summed E-state index contributed by atoms with van der Waals surface area (Å²) in [6.45, 7) is 0.0660. The third-order valence-electron chi connectivity index (χ3n) is 3.67. The second kappa shape index (κ2) is 5.45. The van der Waals surface area contributed by atoms with Gasteiger partial charge in [0.25, 0.3) is 5.91 Å². The third-order valence-corrected chi connectivity index (χ3v) is 4.40. The number of Topliss-reactive ketones (excluding diaryl/α,β-unsaturated/α-hetero) is 1. The van der Waals surface area contributed by atoms with Crippen molar-refractivity contribution in [1.29, 1.82) is 5.26 Å². The number of thiazole rings is 1. The smallest absolute Gasteiger partial charge is 0.355 e. The van der Waals surface area contributed by atoms with Gasteiger partial charge in [0, 0.05) is 11.9 Å². The van der Waals surface area contributed by atoms with Gasteiger partial charge in [-0.2, -0.15) is 5.26 Å². The second-order valence-corrected chi connectivity index (χ2v) is 6.00. The van der Waals surface area contributed by atoms with Crippen LogP contribution in [0, 0.1) is 17.2 Å². The summed E-state index contributed by atoms with van der Waals surface area (Å²) in [4.78, 5) is 40.0.